The number of halogens is 1. The molecule has 0 unspecified atom stereocenters. The molecule has 8 nitrogen and oxygen atoms in total. The number of anilines is 1. The van der Waals surface area contributed by atoms with Gasteiger partial charge in [-0.3, -0.25) is 0 Å². The summed E-state index contributed by atoms with van der Waals surface area (Å²) in [5, 5.41) is 3.92. The molecule has 1 saturated carbocycles. The van der Waals surface area contributed by atoms with Gasteiger partial charge in [-0.25, -0.2) is 12.8 Å². The van der Waals surface area contributed by atoms with Crippen molar-refractivity contribution in [3.05, 3.63) is 29.8 Å². The number of hydrogen-bond acceptors (Lipinski definition) is 8. The summed E-state index contributed by atoms with van der Waals surface area (Å²) in [4.78, 5) is 6.45. The molecule has 0 bridgehead atoms. The van der Waals surface area contributed by atoms with Crippen molar-refractivity contribution in [2.24, 2.45) is 17.8 Å². The first-order valence-corrected chi connectivity index (χ1v) is 12.4. The number of hydrogen-bond donors (Lipinski definition) is 0. The fourth-order valence-corrected chi connectivity index (χ4v) is 5.04. The molecule has 0 N–H and O–H groups in total. The van der Waals surface area contributed by atoms with Crippen LogP contribution in [0.3, 0.4) is 0 Å². The van der Waals surface area contributed by atoms with Crippen LogP contribution in [0.5, 0.6) is 5.75 Å². The minimum Gasteiger partial charge on any atom is -0.491 e. The van der Waals surface area contributed by atoms with Gasteiger partial charge in [-0.05, 0) is 61.6 Å². The largest absolute Gasteiger partial charge is 0.491 e. The lowest BCUT2D eigenvalue weighted by Gasteiger charge is -2.30. The van der Waals surface area contributed by atoms with Gasteiger partial charge in [0, 0.05) is 26.5 Å². The van der Waals surface area contributed by atoms with Crippen molar-refractivity contribution in [1.29, 1.82) is 0 Å². The highest BCUT2D eigenvalue weighted by atomic mass is 32.2. The van der Waals surface area contributed by atoms with Crippen LogP contribution in [0, 0.1) is 23.6 Å². The molecule has 1 aromatic carbocycles. The normalized spacial score (nSPS) is 22.0. The molecule has 2 fully saturated rings. The Labute approximate surface area is 181 Å². The fourth-order valence-electron chi connectivity index (χ4n) is 4.41. The van der Waals surface area contributed by atoms with Crippen molar-refractivity contribution in [1.82, 2.24) is 10.1 Å². The highest BCUT2D eigenvalue weighted by Gasteiger charge is 2.43. The summed E-state index contributed by atoms with van der Waals surface area (Å²) in [5.74, 6) is 1.99. The predicted molar refractivity (Wildman–Crippen MR) is 111 cm³/mol. The molecule has 10 heteroatoms. The number of ether oxygens (including phenoxy) is 2. The van der Waals surface area contributed by atoms with E-state index in [1.54, 1.807) is 7.11 Å². The van der Waals surface area contributed by atoms with Gasteiger partial charge in [0.05, 0.1) is 11.5 Å². The molecule has 2 aromatic rings. The van der Waals surface area contributed by atoms with Crippen molar-refractivity contribution in [2.45, 2.75) is 37.2 Å². The zero-order chi connectivity index (χ0) is 22.0. The van der Waals surface area contributed by atoms with E-state index >= 15 is 0 Å². The Morgan fingerprint density at radius 2 is 2.06 bits per heavy atom. The van der Waals surface area contributed by atoms with E-state index in [-0.39, 0.29) is 10.6 Å². The standard InChI is InChI=1S/C21H28FN3O5S/c1-28-13-20-23-21(30-24-20)25-8-5-14(6-9-25)17-11-15(17)7-10-29-19-4-3-16(12-18(19)22)31(2,26)27/h3-4,12,14-15,17H,5-11,13H2,1-2H3/t15-,17+/m0/s1. The van der Waals surface area contributed by atoms with Gasteiger partial charge in [-0.2, -0.15) is 4.98 Å². The molecule has 2 aliphatic rings. The smallest absolute Gasteiger partial charge is 0.324 e. The Morgan fingerprint density at radius 3 is 2.74 bits per heavy atom. The zero-order valence-electron chi connectivity index (χ0n) is 17.8. The van der Waals surface area contributed by atoms with Crippen LogP contribution in [0.2, 0.25) is 0 Å². The van der Waals surface area contributed by atoms with Crippen LogP contribution in [0.1, 0.15) is 31.5 Å². The van der Waals surface area contributed by atoms with E-state index in [0.29, 0.717) is 42.8 Å². The van der Waals surface area contributed by atoms with Gasteiger partial charge < -0.3 is 18.9 Å². The Balaban J connectivity index is 1.19. The van der Waals surface area contributed by atoms with Crippen LogP contribution < -0.4 is 9.64 Å². The summed E-state index contributed by atoms with van der Waals surface area (Å²) >= 11 is 0. The van der Waals surface area contributed by atoms with E-state index in [2.05, 4.69) is 15.0 Å². The molecule has 1 saturated heterocycles. The van der Waals surface area contributed by atoms with Crippen molar-refractivity contribution in [3.8, 4) is 5.75 Å². The van der Waals surface area contributed by atoms with Crippen LogP contribution >= 0.6 is 0 Å². The lowest BCUT2D eigenvalue weighted by molar-refractivity contribution is 0.174. The molecular formula is C21H28FN3O5S. The third-order valence-electron chi connectivity index (χ3n) is 6.20. The lowest BCUT2D eigenvalue weighted by atomic mass is 9.90. The van der Waals surface area contributed by atoms with Gasteiger partial charge in [-0.1, -0.05) is 5.16 Å². The number of sulfone groups is 1. The molecule has 1 aliphatic carbocycles. The molecule has 2 atom stereocenters. The monoisotopic (exact) mass is 453 g/mol. The minimum absolute atomic E-state index is 0.0404. The SMILES string of the molecule is COCc1noc(N2CCC([C@H]3C[C@@H]3CCOc3ccc(S(C)(=O)=O)cc3F)CC2)n1. The van der Waals surface area contributed by atoms with Crippen molar-refractivity contribution in [2.75, 3.05) is 38.0 Å². The highest BCUT2D eigenvalue weighted by molar-refractivity contribution is 7.90. The van der Waals surface area contributed by atoms with Crippen LogP contribution in [0.15, 0.2) is 27.6 Å². The maximum Gasteiger partial charge on any atom is 0.324 e. The Kier molecular flexibility index (Phi) is 6.47. The third kappa shape index (κ3) is 5.35. The van der Waals surface area contributed by atoms with Crippen molar-refractivity contribution < 1.29 is 26.8 Å². The molecule has 4 rings (SSSR count). The molecule has 1 aliphatic heterocycles. The van der Waals surface area contributed by atoms with E-state index < -0.39 is 15.7 Å². The van der Waals surface area contributed by atoms with Crippen molar-refractivity contribution in [3.63, 3.8) is 0 Å². The van der Waals surface area contributed by atoms with E-state index in [1.807, 2.05) is 0 Å². The maximum atomic E-state index is 14.1. The van der Waals surface area contributed by atoms with Gasteiger partial charge in [0.2, 0.25) is 0 Å². The molecular weight excluding hydrogens is 425 g/mol. The minimum atomic E-state index is -3.43. The van der Waals surface area contributed by atoms with Crippen LogP contribution in [0.4, 0.5) is 10.4 Å². The second kappa shape index (κ2) is 9.12. The molecule has 2 heterocycles. The average molecular weight is 454 g/mol. The van der Waals surface area contributed by atoms with E-state index in [4.69, 9.17) is 14.0 Å². The quantitative estimate of drug-likeness (QED) is 0.572. The summed E-state index contributed by atoms with van der Waals surface area (Å²) in [6.45, 7) is 2.57. The predicted octanol–water partition coefficient (Wildman–Crippen LogP) is 3.08. The van der Waals surface area contributed by atoms with Gasteiger partial charge in [0.15, 0.2) is 27.2 Å². The molecule has 0 spiro atoms. The second-order valence-electron chi connectivity index (χ2n) is 8.41. The molecule has 0 amide bonds. The molecule has 1 aromatic heterocycles. The Hall–Kier alpha value is -2.20. The number of rotatable bonds is 9. The van der Waals surface area contributed by atoms with Crippen molar-refractivity contribution >= 4 is 15.9 Å². The summed E-state index contributed by atoms with van der Waals surface area (Å²) < 4.78 is 53.0. The molecule has 0 radical (unpaired) electrons. The highest BCUT2D eigenvalue weighted by Crippen LogP contribution is 2.50. The molecule has 170 valence electrons. The van der Waals surface area contributed by atoms with E-state index in [0.717, 1.165) is 44.7 Å². The van der Waals surface area contributed by atoms with Crippen LogP contribution in [0.25, 0.3) is 0 Å². The van der Waals surface area contributed by atoms with Gasteiger partial charge >= 0.3 is 6.01 Å². The molecule has 31 heavy (non-hydrogen) atoms. The van der Waals surface area contributed by atoms with Crippen LogP contribution in [-0.4, -0.2) is 51.6 Å². The first-order valence-electron chi connectivity index (χ1n) is 10.5. The van der Waals surface area contributed by atoms with E-state index in [1.165, 1.54) is 18.6 Å². The Morgan fingerprint density at radius 1 is 1.29 bits per heavy atom. The number of aromatic nitrogens is 2. The first kappa shape index (κ1) is 22.0. The fraction of sp³-hybridized carbons (Fsp3) is 0.619. The van der Waals surface area contributed by atoms with Gasteiger partial charge in [0.1, 0.15) is 6.61 Å². The lowest BCUT2D eigenvalue weighted by Crippen LogP contribution is -2.34. The number of nitrogens with zero attached hydrogens (tertiary/aromatic N) is 3. The van der Waals surface area contributed by atoms with Crippen LogP contribution in [-0.2, 0) is 21.2 Å². The van der Waals surface area contributed by atoms with Gasteiger partial charge in [0.25, 0.3) is 0 Å². The number of methoxy groups -OCH3 is 1. The van der Waals surface area contributed by atoms with Gasteiger partial charge in [-0.15, -0.1) is 0 Å². The zero-order valence-corrected chi connectivity index (χ0v) is 18.6. The maximum absolute atomic E-state index is 14.1. The summed E-state index contributed by atoms with van der Waals surface area (Å²) in [7, 11) is -1.83. The number of piperidine rings is 1. The second-order valence-corrected chi connectivity index (χ2v) is 10.4. The van der Waals surface area contributed by atoms with E-state index in [9.17, 15) is 12.8 Å². The summed E-state index contributed by atoms with van der Waals surface area (Å²) in [6.07, 6.45) is 5.29. The topological polar surface area (TPSA) is 94.8 Å². The first-order chi connectivity index (χ1) is 14.8. The average Bonchev–Trinajstić information content (AvgIpc) is 3.36. The Bertz CT molecular complexity index is 1000. The number of benzene rings is 1. The summed E-state index contributed by atoms with van der Waals surface area (Å²) in [6, 6.07) is 4.35. The summed E-state index contributed by atoms with van der Waals surface area (Å²) in [5.41, 5.74) is 0. The third-order valence-corrected chi connectivity index (χ3v) is 7.31.